The summed E-state index contributed by atoms with van der Waals surface area (Å²) in [6.45, 7) is 14.4. The lowest BCUT2D eigenvalue weighted by Gasteiger charge is -2.44. The van der Waals surface area contributed by atoms with E-state index in [1.807, 2.05) is 62.4 Å². The average Bonchev–Trinajstić information content (AvgIpc) is 3.00. The number of alkyl carbamates (subject to hydrolysis) is 1. The van der Waals surface area contributed by atoms with Gasteiger partial charge in [0.05, 0.1) is 0 Å². The number of phenolic OH excluding ortho intramolecular Hbond substituents is 1. The Kier molecular flexibility index (Phi) is 12.6. The van der Waals surface area contributed by atoms with E-state index < -0.39 is 53.2 Å². The molecule has 1 saturated carbocycles. The van der Waals surface area contributed by atoms with Crippen LogP contribution in [0.15, 0.2) is 72.8 Å². The van der Waals surface area contributed by atoms with Crippen molar-refractivity contribution in [3.05, 3.63) is 101 Å². The normalized spacial score (nSPS) is 15.1. The zero-order chi connectivity index (χ0) is 37.5. The fraction of sp³-hybridized carbons (Fsp3) is 0.463. The van der Waals surface area contributed by atoms with Gasteiger partial charge < -0.3 is 30.1 Å². The molecule has 3 aromatic carbocycles. The SMILES string of the molecule is Cc1cccc(C(C(=O)NC(Cc2ccccc2)C(=O)OC(C)(C)C)N(C(=O)C(Cc2ccc(O)cc2)NC(=O)OC(C)(C)C)C2CCC2)c1C. The van der Waals surface area contributed by atoms with E-state index >= 15 is 0 Å². The molecule has 274 valence electrons. The van der Waals surface area contributed by atoms with Gasteiger partial charge in [-0.15, -0.1) is 0 Å². The van der Waals surface area contributed by atoms with E-state index in [0.29, 0.717) is 24.0 Å². The lowest BCUT2D eigenvalue weighted by molar-refractivity contribution is -0.159. The number of aromatic hydroxyl groups is 1. The Balaban J connectivity index is 1.80. The summed E-state index contributed by atoms with van der Waals surface area (Å²) >= 11 is 0. The molecule has 1 aliphatic rings. The minimum absolute atomic E-state index is 0.0690. The number of nitrogens with zero attached hydrogens (tertiary/aromatic N) is 1. The standard InChI is InChI=1S/C41H53N3O7/c1-26-14-12-19-32(27(26)2)35(36(46)42-34(38(48)50-40(3,4)5)25-28-15-10-9-11-16-28)44(30-17-13-18-30)37(47)33(43-39(49)51-41(6,7)8)24-29-20-22-31(45)23-21-29/h9-12,14-16,19-23,30,33-35,45H,13,17-18,24-25H2,1-8H3,(H,42,46)(H,43,49). The third-order valence-corrected chi connectivity index (χ3v) is 8.85. The minimum atomic E-state index is -1.13. The van der Waals surface area contributed by atoms with E-state index in [1.54, 1.807) is 58.6 Å². The van der Waals surface area contributed by atoms with Crippen LogP contribution in [-0.4, -0.2) is 63.2 Å². The van der Waals surface area contributed by atoms with Crippen LogP contribution in [0, 0.1) is 13.8 Å². The Morgan fingerprint density at radius 2 is 1.35 bits per heavy atom. The second-order valence-electron chi connectivity index (χ2n) is 15.4. The van der Waals surface area contributed by atoms with Crippen molar-refractivity contribution in [2.75, 3.05) is 0 Å². The zero-order valence-electron chi connectivity index (χ0n) is 31.1. The molecule has 3 N–H and O–H groups in total. The van der Waals surface area contributed by atoms with E-state index in [0.717, 1.165) is 23.1 Å². The van der Waals surface area contributed by atoms with Crippen LogP contribution in [0.5, 0.6) is 5.75 Å². The molecule has 10 nitrogen and oxygen atoms in total. The first-order valence-electron chi connectivity index (χ1n) is 17.6. The molecular formula is C41H53N3O7. The number of hydrogen-bond acceptors (Lipinski definition) is 7. The molecule has 0 radical (unpaired) electrons. The highest BCUT2D eigenvalue weighted by Crippen LogP contribution is 2.36. The summed E-state index contributed by atoms with van der Waals surface area (Å²) < 4.78 is 11.3. The quantitative estimate of drug-likeness (QED) is 0.181. The van der Waals surface area contributed by atoms with Crippen molar-refractivity contribution in [3.63, 3.8) is 0 Å². The minimum Gasteiger partial charge on any atom is -0.508 e. The van der Waals surface area contributed by atoms with Crippen LogP contribution in [0.2, 0.25) is 0 Å². The Morgan fingerprint density at radius 3 is 1.92 bits per heavy atom. The Bertz CT molecular complexity index is 1670. The maximum Gasteiger partial charge on any atom is 0.408 e. The number of nitrogens with one attached hydrogen (secondary N) is 2. The number of esters is 1. The number of amides is 3. The summed E-state index contributed by atoms with van der Waals surface area (Å²) in [5.41, 5.74) is 2.30. The van der Waals surface area contributed by atoms with E-state index in [9.17, 15) is 24.3 Å². The number of rotatable bonds is 12. The van der Waals surface area contributed by atoms with Gasteiger partial charge in [0.2, 0.25) is 11.8 Å². The van der Waals surface area contributed by atoms with E-state index in [4.69, 9.17) is 9.47 Å². The van der Waals surface area contributed by atoms with Crippen LogP contribution in [0.3, 0.4) is 0 Å². The molecule has 0 saturated heterocycles. The number of hydrogen-bond donors (Lipinski definition) is 3. The van der Waals surface area contributed by atoms with Crippen molar-refractivity contribution < 1.29 is 33.8 Å². The van der Waals surface area contributed by atoms with Gasteiger partial charge in [-0.3, -0.25) is 9.59 Å². The highest BCUT2D eigenvalue weighted by Gasteiger charge is 2.43. The second-order valence-corrected chi connectivity index (χ2v) is 15.4. The molecule has 0 spiro atoms. The maximum absolute atomic E-state index is 15.0. The van der Waals surface area contributed by atoms with Gasteiger partial charge in [-0.2, -0.15) is 0 Å². The smallest absolute Gasteiger partial charge is 0.408 e. The summed E-state index contributed by atoms with van der Waals surface area (Å²) in [6.07, 6.45) is 1.69. The fourth-order valence-electron chi connectivity index (χ4n) is 6.03. The van der Waals surface area contributed by atoms with Gasteiger partial charge in [-0.1, -0.05) is 60.7 Å². The molecule has 3 atom stereocenters. The first kappa shape index (κ1) is 38.9. The van der Waals surface area contributed by atoms with Crippen LogP contribution in [0.1, 0.15) is 94.7 Å². The van der Waals surface area contributed by atoms with Crippen LogP contribution >= 0.6 is 0 Å². The molecule has 3 aromatic rings. The number of ether oxygens (including phenoxy) is 2. The van der Waals surface area contributed by atoms with Gasteiger partial charge in [0.25, 0.3) is 0 Å². The van der Waals surface area contributed by atoms with Gasteiger partial charge in [0, 0.05) is 18.9 Å². The molecule has 1 fully saturated rings. The molecule has 3 unspecified atom stereocenters. The molecule has 51 heavy (non-hydrogen) atoms. The molecule has 0 aromatic heterocycles. The molecule has 0 heterocycles. The van der Waals surface area contributed by atoms with E-state index in [1.165, 1.54) is 12.1 Å². The van der Waals surface area contributed by atoms with Crippen LogP contribution in [0.4, 0.5) is 4.79 Å². The lowest BCUT2D eigenvalue weighted by atomic mass is 9.86. The van der Waals surface area contributed by atoms with Crippen LogP contribution in [0.25, 0.3) is 0 Å². The lowest BCUT2D eigenvalue weighted by Crippen LogP contribution is -2.59. The Morgan fingerprint density at radius 1 is 0.765 bits per heavy atom. The highest BCUT2D eigenvalue weighted by molar-refractivity contribution is 5.94. The maximum atomic E-state index is 15.0. The van der Waals surface area contributed by atoms with Gasteiger partial charge >= 0.3 is 12.1 Å². The molecule has 0 bridgehead atoms. The number of carbonyl (C=O) groups is 4. The van der Waals surface area contributed by atoms with Crippen molar-refractivity contribution in [2.24, 2.45) is 0 Å². The van der Waals surface area contributed by atoms with Crippen molar-refractivity contribution in [3.8, 4) is 5.75 Å². The fourth-order valence-corrected chi connectivity index (χ4v) is 6.03. The zero-order valence-corrected chi connectivity index (χ0v) is 31.1. The second kappa shape index (κ2) is 16.4. The van der Waals surface area contributed by atoms with Crippen molar-refractivity contribution in [1.82, 2.24) is 15.5 Å². The third kappa shape index (κ3) is 11.1. The largest absolute Gasteiger partial charge is 0.508 e. The van der Waals surface area contributed by atoms with Gasteiger partial charge in [-0.25, -0.2) is 9.59 Å². The average molecular weight is 700 g/mol. The van der Waals surface area contributed by atoms with E-state index in [2.05, 4.69) is 10.6 Å². The third-order valence-electron chi connectivity index (χ3n) is 8.85. The monoisotopic (exact) mass is 699 g/mol. The molecule has 4 rings (SSSR count). The molecule has 10 heteroatoms. The predicted octanol–water partition coefficient (Wildman–Crippen LogP) is 6.64. The van der Waals surface area contributed by atoms with Crippen LogP contribution in [-0.2, 0) is 36.7 Å². The number of phenols is 1. The van der Waals surface area contributed by atoms with Crippen LogP contribution < -0.4 is 10.6 Å². The van der Waals surface area contributed by atoms with Gasteiger partial charge in [0.15, 0.2) is 0 Å². The predicted molar refractivity (Wildman–Crippen MR) is 196 cm³/mol. The highest BCUT2D eigenvalue weighted by atomic mass is 16.6. The number of carbonyl (C=O) groups excluding carboxylic acids is 4. The molecule has 3 amide bonds. The van der Waals surface area contributed by atoms with E-state index in [-0.39, 0.29) is 24.6 Å². The number of aryl methyl sites for hydroxylation is 1. The van der Waals surface area contributed by atoms with Gasteiger partial charge in [0.1, 0.15) is 35.1 Å². The summed E-state index contributed by atoms with van der Waals surface area (Å²) in [7, 11) is 0. The molecule has 1 aliphatic carbocycles. The van der Waals surface area contributed by atoms with Crippen molar-refractivity contribution in [2.45, 2.75) is 123 Å². The van der Waals surface area contributed by atoms with Crippen molar-refractivity contribution in [1.29, 1.82) is 0 Å². The Labute approximate surface area is 301 Å². The summed E-state index contributed by atoms with van der Waals surface area (Å²) in [4.78, 5) is 58.3. The molecule has 0 aliphatic heterocycles. The summed E-state index contributed by atoms with van der Waals surface area (Å²) in [5, 5.41) is 15.7. The van der Waals surface area contributed by atoms with Gasteiger partial charge in [-0.05, 0) is 115 Å². The topological polar surface area (TPSA) is 134 Å². The summed E-state index contributed by atoms with van der Waals surface area (Å²) in [6, 6.07) is 17.8. The molecular weight excluding hydrogens is 646 g/mol. The number of benzene rings is 3. The first-order chi connectivity index (χ1) is 23.9. The summed E-state index contributed by atoms with van der Waals surface area (Å²) in [5.74, 6) is -1.51. The van der Waals surface area contributed by atoms with Crippen molar-refractivity contribution >= 4 is 23.9 Å². The first-order valence-corrected chi connectivity index (χ1v) is 17.6. The Hall–Kier alpha value is -4.86.